The number of hydrogen-bond donors (Lipinski definition) is 3. The molecule has 4 rings (SSSR count). The number of carbonyl (C=O) groups excluding carboxylic acids is 1. The molecule has 188 valence electrons. The topological polar surface area (TPSA) is 96.8 Å². The molecule has 1 aliphatic rings. The Hall–Kier alpha value is -3.37. The van der Waals surface area contributed by atoms with Crippen LogP contribution in [0, 0.1) is 23.4 Å². The van der Waals surface area contributed by atoms with Crippen LogP contribution in [0.3, 0.4) is 0 Å². The second kappa shape index (κ2) is 10.1. The molecule has 1 fully saturated rings. The van der Waals surface area contributed by atoms with Crippen LogP contribution in [0.15, 0.2) is 18.3 Å². The smallest absolute Gasteiger partial charge is 0.224 e. The van der Waals surface area contributed by atoms with Gasteiger partial charge in [-0.15, -0.1) is 0 Å². The molecule has 0 atom stereocenters. The molecule has 0 radical (unpaired) electrons. The Labute approximate surface area is 201 Å². The van der Waals surface area contributed by atoms with Gasteiger partial charge in [-0.25, -0.2) is 23.1 Å². The molecule has 2 heterocycles. The normalized spacial score (nSPS) is 18.3. The number of benzene rings is 1. The number of hydrogen-bond acceptors (Lipinski definition) is 6. The zero-order valence-electron chi connectivity index (χ0n) is 20.2. The number of halogens is 3. The number of amides is 1. The molecule has 3 N–H and O–H groups in total. The van der Waals surface area contributed by atoms with E-state index in [-0.39, 0.29) is 35.9 Å². The van der Waals surface area contributed by atoms with Gasteiger partial charge in [-0.1, -0.05) is 0 Å². The lowest BCUT2D eigenvalue weighted by atomic mass is 9.85. The Morgan fingerprint density at radius 3 is 2.26 bits per heavy atom. The Kier molecular flexibility index (Phi) is 7.13. The van der Waals surface area contributed by atoms with E-state index in [1.165, 1.54) is 0 Å². The lowest BCUT2D eigenvalue weighted by Gasteiger charge is -2.30. The van der Waals surface area contributed by atoms with E-state index in [4.69, 9.17) is 0 Å². The highest BCUT2D eigenvalue weighted by molar-refractivity contribution is 5.79. The number of imidazole rings is 1. The molecule has 0 saturated heterocycles. The number of aromatic nitrogens is 4. The first-order valence-corrected chi connectivity index (χ1v) is 11.9. The summed E-state index contributed by atoms with van der Waals surface area (Å²) in [5.74, 6) is -2.62. The fourth-order valence-corrected chi connectivity index (χ4v) is 4.42. The molecular formula is C24H30F3N7O. The van der Waals surface area contributed by atoms with Crippen LogP contribution in [-0.4, -0.2) is 37.5 Å². The van der Waals surface area contributed by atoms with Crippen LogP contribution in [0.5, 0.6) is 0 Å². The Balaban J connectivity index is 1.70. The van der Waals surface area contributed by atoms with Crippen molar-refractivity contribution in [3.8, 4) is 0 Å². The quantitative estimate of drug-likeness (QED) is 0.429. The van der Waals surface area contributed by atoms with Crippen molar-refractivity contribution < 1.29 is 18.0 Å². The first-order chi connectivity index (χ1) is 16.6. The van der Waals surface area contributed by atoms with Crippen LogP contribution in [0.25, 0.3) is 11.2 Å². The summed E-state index contributed by atoms with van der Waals surface area (Å²) in [6.45, 7) is 7.77. The predicted molar refractivity (Wildman–Crippen MR) is 128 cm³/mol. The van der Waals surface area contributed by atoms with E-state index in [9.17, 15) is 18.0 Å². The molecule has 0 spiro atoms. The zero-order valence-corrected chi connectivity index (χ0v) is 20.2. The maximum absolute atomic E-state index is 14.4. The van der Waals surface area contributed by atoms with Crippen molar-refractivity contribution in [2.75, 3.05) is 10.6 Å². The molecule has 0 unspecified atom stereocenters. The molecule has 0 aliphatic heterocycles. The van der Waals surface area contributed by atoms with Crippen molar-refractivity contribution in [2.24, 2.45) is 5.92 Å². The minimum absolute atomic E-state index is 0.0356. The predicted octanol–water partition coefficient (Wildman–Crippen LogP) is 5.06. The molecule has 35 heavy (non-hydrogen) atoms. The van der Waals surface area contributed by atoms with Crippen LogP contribution in [0.4, 0.5) is 30.8 Å². The van der Waals surface area contributed by atoms with Crippen molar-refractivity contribution in [3.05, 3.63) is 35.8 Å². The zero-order chi connectivity index (χ0) is 25.3. The van der Waals surface area contributed by atoms with Crippen LogP contribution in [0.1, 0.15) is 59.4 Å². The fourth-order valence-electron chi connectivity index (χ4n) is 4.42. The SMILES string of the molecule is CC(C)Nc1ncc2nc(Nc3c(F)cc(F)cc3F)n([C@H]3CC[C@@H](C(=O)NC(C)C)CC3)c2n1. The highest BCUT2D eigenvalue weighted by atomic mass is 19.1. The first kappa shape index (κ1) is 24.7. The minimum Gasteiger partial charge on any atom is -0.354 e. The van der Waals surface area contributed by atoms with Crippen molar-refractivity contribution in [2.45, 2.75) is 71.5 Å². The summed E-state index contributed by atoms with van der Waals surface area (Å²) < 4.78 is 44.1. The number of nitrogens with zero attached hydrogens (tertiary/aromatic N) is 4. The molecular weight excluding hydrogens is 459 g/mol. The van der Waals surface area contributed by atoms with Gasteiger partial charge in [0.05, 0.1) is 6.20 Å². The Morgan fingerprint density at radius 1 is 1.00 bits per heavy atom. The van der Waals surface area contributed by atoms with E-state index in [1.54, 1.807) is 10.8 Å². The highest BCUT2D eigenvalue weighted by Crippen LogP contribution is 2.37. The van der Waals surface area contributed by atoms with Gasteiger partial charge < -0.3 is 16.0 Å². The van der Waals surface area contributed by atoms with Crippen LogP contribution < -0.4 is 16.0 Å². The maximum atomic E-state index is 14.4. The van der Waals surface area contributed by atoms with Gasteiger partial charge >= 0.3 is 0 Å². The average molecular weight is 490 g/mol. The minimum atomic E-state index is -1.07. The number of anilines is 3. The van der Waals surface area contributed by atoms with E-state index < -0.39 is 23.1 Å². The van der Waals surface area contributed by atoms with E-state index in [0.29, 0.717) is 54.9 Å². The summed E-state index contributed by atoms with van der Waals surface area (Å²) in [6, 6.07) is 1.28. The Bertz CT molecular complexity index is 1200. The molecule has 1 amide bonds. The third-order valence-electron chi connectivity index (χ3n) is 5.96. The third kappa shape index (κ3) is 5.49. The summed E-state index contributed by atoms with van der Waals surface area (Å²) >= 11 is 0. The summed E-state index contributed by atoms with van der Waals surface area (Å²) in [5, 5.41) is 8.83. The Morgan fingerprint density at radius 2 is 1.66 bits per heavy atom. The number of fused-ring (bicyclic) bond motifs is 1. The lowest BCUT2D eigenvalue weighted by Crippen LogP contribution is -2.37. The van der Waals surface area contributed by atoms with Gasteiger partial charge in [0.25, 0.3) is 0 Å². The average Bonchev–Trinajstić information content (AvgIpc) is 3.12. The van der Waals surface area contributed by atoms with Gasteiger partial charge in [0.15, 0.2) is 17.3 Å². The number of nitrogens with one attached hydrogen (secondary N) is 3. The van der Waals surface area contributed by atoms with E-state index in [0.717, 1.165) is 0 Å². The molecule has 8 nitrogen and oxygen atoms in total. The monoisotopic (exact) mass is 489 g/mol. The van der Waals surface area contributed by atoms with Crippen LogP contribution >= 0.6 is 0 Å². The largest absolute Gasteiger partial charge is 0.354 e. The summed E-state index contributed by atoms with van der Waals surface area (Å²) in [4.78, 5) is 25.9. The van der Waals surface area contributed by atoms with Gasteiger partial charge in [0.2, 0.25) is 17.8 Å². The number of rotatable bonds is 7. The summed E-state index contributed by atoms with van der Waals surface area (Å²) in [5.41, 5.74) is 0.453. The fraction of sp³-hybridized carbons (Fsp3) is 0.500. The molecule has 11 heteroatoms. The lowest BCUT2D eigenvalue weighted by molar-refractivity contribution is -0.126. The van der Waals surface area contributed by atoms with Gasteiger partial charge in [-0.2, -0.15) is 4.98 Å². The van der Waals surface area contributed by atoms with Gasteiger partial charge in [0, 0.05) is 36.2 Å². The standard InChI is InChI=1S/C24H30F3N7O/c1-12(2)29-22(35)14-5-7-16(8-6-14)34-21-19(11-28-23(33-21)30-13(3)4)31-24(34)32-20-17(26)9-15(25)10-18(20)27/h9-14,16H,5-8H2,1-4H3,(H,29,35)(H,31,32)(H,28,30,33)/t14-,16+. The molecule has 1 saturated carbocycles. The van der Waals surface area contributed by atoms with Gasteiger partial charge in [-0.05, 0) is 53.4 Å². The summed E-state index contributed by atoms with van der Waals surface area (Å²) in [6.07, 6.45) is 4.17. The summed E-state index contributed by atoms with van der Waals surface area (Å²) in [7, 11) is 0. The highest BCUT2D eigenvalue weighted by Gasteiger charge is 2.30. The van der Waals surface area contributed by atoms with Gasteiger partial charge in [0.1, 0.15) is 17.0 Å². The van der Waals surface area contributed by atoms with Crippen molar-refractivity contribution in [1.82, 2.24) is 24.8 Å². The van der Waals surface area contributed by atoms with Crippen molar-refractivity contribution >= 4 is 34.7 Å². The van der Waals surface area contributed by atoms with Crippen molar-refractivity contribution in [3.63, 3.8) is 0 Å². The van der Waals surface area contributed by atoms with Crippen molar-refractivity contribution in [1.29, 1.82) is 0 Å². The first-order valence-electron chi connectivity index (χ1n) is 11.9. The van der Waals surface area contributed by atoms with Crippen LogP contribution in [-0.2, 0) is 4.79 Å². The molecule has 1 aromatic carbocycles. The molecule has 2 aromatic heterocycles. The second-order valence-electron chi connectivity index (χ2n) is 9.55. The molecule has 0 bridgehead atoms. The molecule has 1 aliphatic carbocycles. The molecule has 3 aromatic rings. The van der Waals surface area contributed by atoms with E-state index in [2.05, 4.69) is 30.9 Å². The van der Waals surface area contributed by atoms with E-state index >= 15 is 0 Å². The number of carbonyl (C=O) groups is 1. The van der Waals surface area contributed by atoms with Gasteiger partial charge in [-0.3, -0.25) is 9.36 Å². The third-order valence-corrected chi connectivity index (χ3v) is 5.96. The maximum Gasteiger partial charge on any atom is 0.224 e. The second-order valence-corrected chi connectivity index (χ2v) is 9.55. The van der Waals surface area contributed by atoms with E-state index in [1.807, 2.05) is 27.7 Å². The van der Waals surface area contributed by atoms with Crippen LogP contribution in [0.2, 0.25) is 0 Å².